The highest BCUT2D eigenvalue weighted by molar-refractivity contribution is 7.98. The van der Waals surface area contributed by atoms with Gasteiger partial charge < -0.3 is 5.11 Å². The fraction of sp³-hybridized carbons (Fsp3) is 0.143. The number of nitrogens with zero attached hydrogens (tertiary/aromatic N) is 1. The van der Waals surface area contributed by atoms with E-state index in [0.717, 1.165) is 16.8 Å². The van der Waals surface area contributed by atoms with E-state index in [1.807, 2.05) is 43.5 Å². The lowest BCUT2D eigenvalue weighted by molar-refractivity contribution is 0.0692. The van der Waals surface area contributed by atoms with Crippen LogP contribution in [-0.4, -0.2) is 22.3 Å². The predicted molar refractivity (Wildman–Crippen MR) is 73.2 cm³/mol. The van der Waals surface area contributed by atoms with Crippen LogP contribution < -0.4 is 0 Å². The number of aromatic carboxylic acids is 1. The van der Waals surface area contributed by atoms with Gasteiger partial charge in [0.2, 0.25) is 0 Å². The molecule has 0 spiro atoms. The molecule has 0 saturated carbocycles. The highest BCUT2D eigenvalue weighted by Gasteiger charge is 2.14. The summed E-state index contributed by atoms with van der Waals surface area (Å²) in [6, 6.07) is 11.5. The molecule has 2 rings (SSSR count). The maximum atomic E-state index is 11.1. The zero-order chi connectivity index (χ0) is 13.1. The third kappa shape index (κ3) is 2.38. The molecule has 0 radical (unpaired) electrons. The van der Waals surface area contributed by atoms with Gasteiger partial charge in [-0.25, -0.2) is 9.78 Å². The minimum absolute atomic E-state index is 0.264. The average molecular weight is 259 g/mol. The Morgan fingerprint density at radius 3 is 2.50 bits per heavy atom. The van der Waals surface area contributed by atoms with E-state index < -0.39 is 5.97 Å². The Kier molecular flexibility index (Phi) is 3.67. The number of aromatic nitrogens is 1. The average Bonchev–Trinajstić information content (AvgIpc) is 2.39. The van der Waals surface area contributed by atoms with Gasteiger partial charge in [-0.3, -0.25) is 0 Å². The van der Waals surface area contributed by atoms with Gasteiger partial charge >= 0.3 is 5.97 Å². The minimum atomic E-state index is -0.936. The number of carboxylic acid groups (broad SMARTS) is 1. The summed E-state index contributed by atoms with van der Waals surface area (Å²) in [5.41, 5.74) is 2.98. The second kappa shape index (κ2) is 5.23. The molecule has 0 aliphatic rings. The van der Waals surface area contributed by atoms with Gasteiger partial charge in [-0.05, 0) is 24.8 Å². The first-order valence-electron chi connectivity index (χ1n) is 5.48. The van der Waals surface area contributed by atoms with Crippen molar-refractivity contribution in [3.8, 4) is 11.3 Å². The smallest absolute Gasteiger partial charge is 0.338 e. The van der Waals surface area contributed by atoms with Crippen LogP contribution in [-0.2, 0) is 0 Å². The first kappa shape index (κ1) is 12.6. The molecule has 1 heterocycles. The topological polar surface area (TPSA) is 50.2 Å². The number of carboxylic acids is 1. The van der Waals surface area contributed by atoms with Crippen LogP contribution in [0, 0.1) is 6.92 Å². The Bertz CT molecular complexity index is 582. The van der Waals surface area contributed by atoms with Crippen molar-refractivity contribution in [2.24, 2.45) is 0 Å². The predicted octanol–water partition coefficient (Wildman–Crippen LogP) is 3.48. The van der Waals surface area contributed by atoms with E-state index in [2.05, 4.69) is 4.98 Å². The molecule has 0 unspecified atom stereocenters. The van der Waals surface area contributed by atoms with E-state index in [1.165, 1.54) is 11.8 Å². The van der Waals surface area contributed by atoms with Gasteiger partial charge in [0.15, 0.2) is 0 Å². The first-order valence-corrected chi connectivity index (χ1v) is 6.70. The molecule has 0 atom stereocenters. The lowest BCUT2D eigenvalue weighted by Crippen LogP contribution is -2.03. The lowest BCUT2D eigenvalue weighted by atomic mass is 10.1. The first-order chi connectivity index (χ1) is 8.63. The van der Waals surface area contributed by atoms with Crippen LogP contribution in [0.1, 0.15) is 15.9 Å². The highest BCUT2D eigenvalue weighted by Crippen LogP contribution is 2.27. The fourth-order valence-electron chi connectivity index (χ4n) is 1.79. The van der Waals surface area contributed by atoms with Crippen molar-refractivity contribution < 1.29 is 9.90 Å². The van der Waals surface area contributed by atoms with Crippen molar-refractivity contribution in [1.82, 2.24) is 4.98 Å². The van der Waals surface area contributed by atoms with Crippen LogP contribution in [0.2, 0.25) is 0 Å². The number of thioether (sulfide) groups is 1. The van der Waals surface area contributed by atoms with Gasteiger partial charge in [0, 0.05) is 5.56 Å². The second-order valence-electron chi connectivity index (χ2n) is 3.88. The maximum absolute atomic E-state index is 11.1. The molecule has 0 aliphatic carbocycles. The van der Waals surface area contributed by atoms with Crippen LogP contribution in [0.5, 0.6) is 0 Å². The molecule has 0 fully saturated rings. The molecule has 4 heteroatoms. The molecule has 1 aromatic carbocycles. The van der Waals surface area contributed by atoms with E-state index in [0.29, 0.717) is 5.03 Å². The molecule has 0 aliphatic heterocycles. The monoisotopic (exact) mass is 259 g/mol. The zero-order valence-electron chi connectivity index (χ0n) is 10.2. The molecule has 0 amide bonds. The van der Waals surface area contributed by atoms with Crippen LogP contribution in [0.3, 0.4) is 0 Å². The van der Waals surface area contributed by atoms with Crippen LogP contribution in [0.4, 0.5) is 0 Å². The van der Waals surface area contributed by atoms with E-state index in [1.54, 1.807) is 6.07 Å². The largest absolute Gasteiger partial charge is 0.478 e. The number of hydrogen-bond acceptors (Lipinski definition) is 3. The standard InChI is InChI=1S/C14H13NO2S/c1-9-8-11(14(16)17)13(18-2)15-12(9)10-6-4-3-5-7-10/h3-8H,1-2H3,(H,16,17). The Labute approximate surface area is 110 Å². The number of pyridine rings is 1. The van der Waals surface area contributed by atoms with Gasteiger partial charge in [0.25, 0.3) is 0 Å². The summed E-state index contributed by atoms with van der Waals surface area (Å²) >= 11 is 1.35. The number of carbonyl (C=O) groups is 1. The van der Waals surface area contributed by atoms with Gasteiger partial charge in [-0.15, -0.1) is 11.8 Å². The third-order valence-electron chi connectivity index (χ3n) is 2.65. The number of benzene rings is 1. The van der Waals surface area contributed by atoms with E-state index in [4.69, 9.17) is 5.11 Å². The van der Waals surface area contributed by atoms with Crippen LogP contribution >= 0.6 is 11.8 Å². The van der Waals surface area contributed by atoms with Crippen LogP contribution in [0.15, 0.2) is 41.4 Å². The molecule has 2 aromatic rings. The zero-order valence-corrected chi connectivity index (χ0v) is 11.0. The van der Waals surface area contributed by atoms with Gasteiger partial charge in [-0.1, -0.05) is 30.3 Å². The molecule has 1 aromatic heterocycles. The number of aryl methyl sites for hydroxylation is 1. The maximum Gasteiger partial charge on any atom is 0.338 e. The summed E-state index contributed by atoms with van der Waals surface area (Å²) in [6.45, 7) is 1.88. The third-order valence-corrected chi connectivity index (χ3v) is 3.35. The Hall–Kier alpha value is -1.81. The quantitative estimate of drug-likeness (QED) is 0.857. The minimum Gasteiger partial charge on any atom is -0.478 e. The van der Waals surface area contributed by atoms with Gasteiger partial charge in [-0.2, -0.15) is 0 Å². The molecule has 0 bridgehead atoms. The summed E-state index contributed by atoms with van der Waals surface area (Å²) in [4.78, 5) is 15.6. The SMILES string of the molecule is CSc1nc(-c2ccccc2)c(C)cc1C(=O)O. The van der Waals surface area contributed by atoms with Gasteiger partial charge in [0.1, 0.15) is 5.03 Å². The fourth-order valence-corrected chi connectivity index (χ4v) is 2.34. The van der Waals surface area contributed by atoms with Crippen molar-refractivity contribution in [2.45, 2.75) is 11.9 Å². The Morgan fingerprint density at radius 1 is 1.28 bits per heavy atom. The molecule has 3 nitrogen and oxygen atoms in total. The molecule has 1 N–H and O–H groups in total. The summed E-state index contributed by atoms with van der Waals surface area (Å²) < 4.78 is 0. The molecular weight excluding hydrogens is 246 g/mol. The molecule has 92 valence electrons. The van der Waals surface area contributed by atoms with Crippen molar-refractivity contribution in [1.29, 1.82) is 0 Å². The summed E-state index contributed by atoms with van der Waals surface area (Å²) in [5, 5.41) is 9.68. The highest BCUT2D eigenvalue weighted by atomic mass is 32.2. The van der Waals surface area contributed by atoms with Gasteiger partial charge in [0.05, 0.1) is 11.3 Å². The number of hydrogen-bond donors (Lipinski definition) is 1. The normalized spacial score (nSPS) is 10.3. The lowest BCUT2D eigenvalue weighted by Gasteiger charge is -2.09. The van der Waals surface area contributed by atoms with Crippen molar-refractivity contribution in [3.63, 3.8) is 0 Å². The van der Waals surface area contributed by atoms with E-state index in [9.17, 15) is 4.79 Å². The van der Waals surface area contributed by atoms with E-state index >= 15 is 0 Å². The van der Waals surface area contributed by atoms with Crippen LogP contribution in [0.25, 0.3) is 11.3 Å². The molecule has 0 saturated heterocycles. The van der Waals surface area contributed by atoms with Crippen molar-refractivity contribution >= 4 is 17.7 Å². The Morgan fingerprint density at radius 2 is 1.94 bits per heavy atom. The Balaban J connectivity index is 2.61. The summed E-state index contributed by atoms with van der Waals surface area (Å²) in [6.07, 6.45) is 1.83. The number of rotatable bonds is 3. The molecular formula is C14H13NO2S. The summed E-state index contributed by atoms with van der Waals surface area (Å²) in [5.74, 6) is -0.936. The van der Waals surface area contributed by atoms with Crippen molar-refractivity contribution in [3.05, 3.63) is 47.5 Å². The second-order valence-corrected chi connectivity index (χ2v) is 4.68. The van der Waals surface area contributed by atoms with E-state index in [-0.39, 0.29) is 5.56 Å². The molecule has 18 heavy (non-hydrogen) atoms. The van der Waals surface area contributed by atoms with Crippen molar-refractivity contribution in [2.75, 3.05) is 6.26 Å². The summed E-state index contributed by atoms with van der Waals surface area (Å²) in [7, 11) is 0.